The maximum atomic E-state index is 11.9. The molecule has 0 heterocycles. The second kappa shape index (κ2) is 42.3. The van der Waals surface area contributed by atoms with Crippen LogP contribution in [0, 0.1) is 19.1 Å². The fraction of sp³-hybridized carbons (Fsp3) is 0.250. The van der Waals surface area contributed by atoms with Crippen molar-refractivity contribution in [1.29, 1.82) is 0 Å². The molecule has 0 aromatic heterocycles. The van der Waals surface area contributed by atoms with Crippen LogP contribution >= 0.6 is 0 Å². The second-order valence-corrected chi connectivity index (χ2v) is 2.19. The van der Waals surface area contributed by atoms with Gasteiger partial charge in [0, 0.05) is 360 Å². The van der Waals surface area contributed by atoms with Crippen LogP contribution in [0.3, 0.4) is 0 Å². The predicted molar refractivity (Wildman–Crippen MR) is 33.9 cm³/mol. The van der Waals surface area contributed by atoms with Gasteiger partial charge in [-0.3, -0.25) is 17.7 Å². The first-order chi connectivity index (χ1) is 5.00. The van der Waals surface area contributed by atoms with E-state index >= 15 is 0 Å². The van der Waals surface area contributed by atoms with E-state index in [1.165, 1.54) is 12.1 Å². The van der Waals surface area contributed by atoms with Gasteiger partial charge in [-0.2, -0.15) is 18.7 Å². The third-order valence-electron chi connectivity index (χ3n) is 1.17. The summed E-state index contributed by atoms with van der Waals surface area (Å²) in [5, 5.41) is 0. The Hall–Kier alpha value is 11.2. The first-order valence-corrected chi connectivity index (χ1v) is 2.97. The van der Waals surface area contributed by atoms with Gasteiger partial charge in [-0.25, -0.2) is 0 Å². The molecular formula is C8H5F3Y11-2. The van der Waals surface area contributed by atoms with Crippen LogP contribution in [0.25, 0.3) is 0 Å². The summed E-state index contributed by atoms with van der Waals surface area (Å²) < 4.78 is 35.6. The van der Waals surface area contributed by atoms with E-state index in [9.17, 15) is 13.2 Å². The molecule has 0 aliphatic carbocycles. The molecule has 11 radical (unpaired) electrons. The molecule has 0 aliphatic heterocycles. The Morgan fingerprint density at radius 2 is 0.864 bits per heavy atom. The summed E-state index contributed by atoms with van der Waals surface area (Å²) in [5.41, 5.74) is -0.124. The molecular weight excluding hydrogens is 1130 g/mol. The average molecular weight is 1140 g/mol. The van der Waals surface area contributed by atoms with Crippen LogP contribution in [-0.2, 0) is 366 Å². The number of rotatable bonds is 0. The summed E-state index contributed by atoms with van der Waals surface area (Å²) >= 11 is 0. The van der Waals surface area contributed by atoms with Gasteiger partial charge in [0.1, 0.15) is 0 Å². The number of hydrogen-bond donors (Lipinski definition) is 0. The molecule has 1 rings (SSSR count). The van der Waals surface area contributed by atoms with Gasteiger partial charge < -0.3 is 12.1 Å². The van der Waals surface area contributed by atoms with Crippen LogP contribution in [0.4, 0.5) is 13.2 Å². The van der Waals surface area contributed by atoms with E-state index in [0.717, 1.165) is 5.56 Å². The van der Waals surface area contributed by atoms with Crippen LogP contribution in [-0.4, -0.2) is 0 Å². The Morgan fingerprint density at radius 3 is 1.05 bits per heavy atom. The molecule has 93 valence electrons. The van der Waals surface area contributed by atoms with Gasteiger partial charge in [-0.05, 0) is 0 Å². The van der Waals surface area contributed by atoms with E-state index < -0.39 is 11.7 Å². The number of benzene rings is 1. The summed E-state index contributed by atoms with van der Waals surface area (Å²) in [6, 6.07) is 6.77. The molecule has 0 aliphatic rings. The summed E-state index contributed by atoms with van der Waals surface area (Å²) in [6.45, 7) is 1.69. The Labute approximate surface area is 408 Å². The molecule has 0 spiro atoms. The number of halogens is 3. The van der Waals surface area contributed by atoms with E-state index in [-0.39, 0.29) is 360 Å². The van der Waals surface area contributed by atoms with Crippen LogP contribution in [0.1, 0.15) is 11.1 Å². The summed E-state index contributed by atoms with van der Waals surface area (Å²) in [7, 11) is 0. The predicted octanol–water partition coefficient (Wildman–Crippen LogP) is 2.59. The molecule has 14 heteroatoms. The van der Waals surface area contributed by atoms with Gasteiger partial charge in [0.2, 0.25) is 0 Å². The zero-order valence-corrected chi connectivity index (χ0v) is 43.4. The fourth-order valence-electron chi connectivity index (χ4n) is 0.619. The van der Waals surface area contributed by atoms with Gasteiger partial charge >= 0.3 is 6.18 Å². The maximum Gasteiger partial charge on any atom is 0.373 e. The third-order valence-corrected chi connectivity index (χ3v) is 1.17. The van der Waals surface area contributed by atoms with Gasteiger partial charge in [-0.15, -0.1) is 6.92 Å². The molecule has 0 saturated heterocycles. The molecule has 1 aromatic carbocycles. The zero-order valence-electron chi connectivity index (χ0n) is 12.1. The van der Waals surface area contributed by atoms with Crippen molar-refractivity contribution >= 4 is 0 Å². The van der Waals surface area contributed by atoms with Crippen molar-refractivity contribution in [2.24, 2.45) is 0 Å². The van der Waals surface area contributed by atoms with E-state index in [4.69, 9.17) is 0 Å². The van der Waals surface area contributed by atoms with Crippen LogP contribution in [0.15, 0.2) is 12.1 Å². The third kappa shape index (κ3) is 38.4. The Balaban J connectivity index is -0.0000000122. The molecule has 22 heavy (non-hydrogen) atoms. The summed E-state index contributed by atoms with van der Waals surface area (Å²) in [6.07, 6.45) is -4.33. The smallest absolute Gasteiger partial charge is 0.347 e. The first-order valence-electron chi connectivity index (χ1n) is 2.97. The van der Waals surface area contributed by atoms with Crippen LogP contribution < -0.4 is 0 Å². The molecule has 0 nitrogen and oxygen atoms in total. The van der Waals surface area contributed by atoms with Gasteiger partial charge in [0.15, 0.2) is 0 Å². The largest absolute Gasteiger partial charge is 0.373 e. The number of alkyl halides is 3. The van der Waals surface area contributed by atoms with E-state index in [1.54, 1.807) is 6.92 Å². The van der Waals surface area contributed by atoms with E-state index in [2.05, 4.69) is 12.1 Å². The SMILES string of the molecule is Cc1c[c-]c(C(F)(F)F)[c-]c1.[Y].[Y].[Y].[Y].[Y].[Y].[Y].[Y].[Y].[Y].[Y]. The molecule has 0 fully saturated rings. The van der Waals surface area contributed by atoms with Crippen LogP contribution in [0.5, 0.6) is 0 Å². The first kappa shape index (κ1) is 69.8. The fourth-order valence-corrected chi connectivity index (χ4v) is 0.619. The minimum absolute atomic E-state index is 0. The molecule has 0 N–H and O–H groups in total. The average Bonchev–Trinajstić information content (AvgIpc) is 1.86. The summed E-state index contributed by atoms with van der Waals surface area (Å²) in [5.74, 6) is 0. The topological polar surface area (TPSA) is 0 Å². The Kier molecular flexibility index (Phi) is 134. The normalized spacial score (nSPS) is 5.82. The van der Waals surface area contributed by atoms with E-state index in [1.807, 2.05) is 0 Å². The van der Waals surface area contributed by atoms with Crippen molar-refractivity contribution in [1.82, 2.24) is 0 Å². The number of hydrogen-bond acceptors (Lipinski definition) is 0. The standard InChI is InChI=1S/C8H5F3.11Y/c1-6-2-4-7(5-3-6)8(9,10)11;;;;;;;;;;;/h2-3H,1H3;;;;;;;;;;;/q-2;;;;;;;;;;;. The quantitative estimate of drug-likeness (QED) is 0.352. The second-order valence-electron chi connectivity index (χ2n) is 2.19. The van der Waals surface area contributed by atoms with Crippen LogP contribution in [0.2, 0.25) is 0 Å². The maximum absolute atomic E-state index is 11.9. The van der Waals surface area contributed by atoms with Crippen molar-refractivity contribution in [2.75, 3.05) is 0 Å². The Morgan fingerprint density at radius 1 is 0.636 bits per heavy atom. The van der Waals surface area contributed by atoms with Gasteiger partial charge in [-0.1, -0.05) is 0 Å². The van der Waals surface area contributed by atoms with Crippen molar-refractivity contribution in [3.63, 3.8) is 0 Å². The van der Waals surface area contributed by atoms with Crippen molar-refractivity contribution < 1.29 is 373 Å². The molecule has 0 saturated carbocycles. The zero-order chi connectivity index (χ0) is 8.48. The monoisotopic (exact) mass is 1140 g/mol. The minimum atomic E-state index is -4.33. The molecule has 0 amide bonds. The molecule has 1 aromatic rings. The Bertz CT molecular complexity index is 255. The van der Waals surface area contributed by atoms with Crippen molar-refractivity contribution in [3.8, 4) is 0 Å². The summed E-state index contributed by atoms with van der Waals surface area (Å²) in [4.78, 5) is 0. The van der Waals surface area contributed by atoms with Gasteiger partial charge in [0.05, 0.1) is 0 Å². The molecule has 0 unspecified atom stereocenters. The number of aryl methyl sites for hydroxylation is 1. The molecule has 0 atom stereocenters. The van der Waals surface area contributed by atoms with Crippen molar-refractivity contribution in [3.05, 3.63) is 35.4 Å². The minimum Gasteiger partial charge on any atom is -0.347 e. The van der Waals surface area contributed by atoms with Gasteiger partial charge in [0.25, 0.3) is 0 Å². The van der Waals surface area contributed by atoms with Crippen molar-refractivity contribution in [2.45, 2.75) is 13.1 Å². The van der Waals surface area contributed by atoms with E-state index in [0.29, 0.717) is 0 Å². The molecule has 0 bridgehead atoms.